The Morgan fingerprint density at radius 1 is 1.38 bits per heavy atom. The molecule has 112 valence electrons. The molecule has 0 aliphatic carbocycles. The van der Waals surface area contributed by atoms with Crippen molar-refractivity contribution in [2.45, 2.75) is 6.18 Å². The maximum atomic E-state index is 13.4. The Morgan fingerprint density at radius 3 is 2.67 bits per heavy atom. The van der Waals surface area contributed by atoms with Gasteiger partial charge in [0.25, 0.3) is 0 Å². The van der Waals surface area contributed by atoms with Crippen LogP contribution in [0.5, 0.6) is 0 Å². The van der Waals surface area contributed by atoms with Crippen LogP contribution in [-0.4, -0.2) is 23.0 Å². The molecule has 1 aromatic carbocycles. The molecule has 0 unspecified atom stereocenters. The van der Waals surface area contributed by atoms with E-state index in [1.165, 1.54) is 0 Å². The van der Waals surface area contributed by atoms with Gasteiger partial charge in [-0.25, -0.2) is 4.39 Å². The topological polar surface area (TPSA) is 53.8 Å². The normalized spacial score (nSPS) is 17.8. The quantitative estimate of drug-likeness (QED) is 0.511. The number of alkyl halides is 3. The van der Waals surface area contributed by atoms with Gasteiger partial charge in [0, 0.05) is 0 Å². The van der Waals surface area contributed by atoms with Gasteiger partial charge in [-0.15, -0.1) is 5.10 Å². The number of thioether (sulfide) groups is 1. The molecule has 1 saturated heterocycles. The Balaban J connectivity index is 2.25. The molecule has 0 aromatic heterocycles. The maximum absolute atomic E-state index is 13.4. The summed E-state index contributed by atoms with van der Waals surface area (Å²) in [7, 11) is 0. The Kier molecular flexibility index (Phi) is 4.52. The molecule has 10 heteroatoms. The predicted octanol–water partition coefficient (Wildman–Crippen LogP) is 3.05. The van der Waals surface area contributed by atoms with Crippen molar-refractivity contribution in [2.24, 2.45) is 10.2 Å². The Bertz CT molecular complexity index is 645. The number of rotatable bonds is 2. The number of nitrogens with one attached hydrogen (secondary N) is 1. The van der Waals surface area contributed by atoms with Crippen LogP contribution in [0, 0.1) is 5.82 Å². The zero-order valence-electron chi connectivity index (χ0n) is 10.0. The van der Waals surface area contributed by atoms with E-state index in [0.717, 1.165) is 24.0 Å². The van der Waals surface area contributed by atoms with E-state index < -0.39 is 22.6 Å². The fraction of sp³-hybridized carbons (Fsp3) is 0.182. The van der Waals surface area contributed by atoms with Crippen molar-refractivity contribution in [1.82, 2.24) is 5.32 Å². The van der Waals surface area contributed by atoms with E-state index in [9.17, 15) is 22.4 Å². The number of amidine groups is 1. The summed E-state index contributed by atoms with van der Waals surface area (Å²) < 4.78 is 51.3. The van der Waals surface area contributed by atoms with Gasteiger partial charge < -0.3 is 5.32 Å². The molecular formula is C11H6ClF4N3OS. The van der Waals surface area contributed by atoms with Crippen LogP contribution in [0.1, 0.15) is 11.1 Å². The van der Waals surface area contributed by atoms with Crippen LogP contribution in [0.4, 0.5) is 17.6 Å². The van der Waals surface area contributed by atoms with Crippen molar-refractivity contribution in [3.8, 4) is 0 Å². The minimum Gasteiger partial charge on any atom is -0.303 e. The molecule has 21 heavy (non-hydrogen) atoms. The van der Waals surface area contributed by atoms with Gasteiger partial charge >= 0.3 is 6.18 Å². The minimum absolute atomic E-state index is 0.150. The van der Waals surface area contributed by atoms with E-state index in [1.54, 1.807) is 0 Å². The molecule has 0 bridgehead atoms. The van der Waals surface area contributed by atoms with Crippen molar-refractivity contribution in [1.29, 1.82) is 0 Å². The lowest BCUT2D eigenvalue weighted by atomic mass is 10.1. The van der Waals surface area contributed by atoms with Crippen LogP contribution in [0.25, 0.3) is 0 Å². The van der Waals surface area contributed by atoms with Gasteiger partial charge in [0.1, 0.15) is 5.82 Å². The van der Waals surface area contributed by atoms with Gasteiger partial charge in [0.05, 0.1) is 22.6 Å². The molecule has 1 N–H and O–H groups in total. The lowest BCUT2D eigenvalue weighted by Crippen LogP contribution is -2.19. The van der Waals surface area contributed by atoms with Crippen LogP contribution < -0.4 is 5.32 Å². The second-order valence-corrected chi connectivity index (χ2v) is 5.19. The molecule has 4 nitrogen and oxygen atoms in total. The molecule has 1 aliphatic rings. The summed E-state index contributed by atoms with van der Waals surface area (Å²) in [5.41, 5.74) is -1.44. The highest BCUT2D eigenvalue weighted by Crippen LogP contribution is 2.36. The van der Waals surface area contributed by atoms with Crippen LogP contribution >= 0.6 is 23.4 Å². The Hall–Kier alpha value is -1.61. The molecule has 1 amide bonds. The minimum atomic E-state index is -4.77. The predicted molar refractivity (Wildman–Crippen MR) is 72.0 cm³/mol. The Morgan fingerprint density at radius 2 is 2.10 bits per heavy atom. The Labute approximate surface area is 125 Å². The van der Waals surface area contributed by atoms with E-state index in [1.807, 2.05) is 0 Å². The summed E-state index contributed by atoms with van der Waals surface area (Å²) >= 11 is 6.38. The van der Waals surface area contributed by atoms with Gasteiger partial charge in [-0.3, -0.25) is 4.79 Å². The number of halogens is 5. The first-order chi connectivity index (χ1) is 9.77. The highest BCUT2D eigenvalue weighted by Gasteiger charge is 2.34. The number of benzene rings is 1. The zero-order valence-corrected chi connectivity index (χ0v) is 11.6. The van der Waals surface area contributed by atoms with E-state index >= 15 is 0 Å². The number of hydrogen-bond acceptors (Lipinski definition) is 4. The summed E-state index contributed by atoms with van der Waals surface area (Å²) in [6, 6.07) is 1.47. The second kappa shape index (κ2) is 6.02. The van der Waals surface area contributed by atoms with E-state index in [2.05, 4.69) is 15.5 Å². The second-order valence-electron chi connectivity index (χ2n) is 3.85. The summed E-state index contributed by atoms with van der Waals surface area (Å²) in [4.78, 5) is 10.9. The van der Waals surface area contributed by atoms with Gasteiger partial charge in [0.2, 0.25) is 5.91 Å². The first-order valence-electron chi connectivity index (χ1n) is 5.37. The number of carbonyl (C=O) groups excluding carboxylic acids is 1. The number of hydrogen-bond donors (Lipinski definition) is 1. The van der Waals surface area contributed by atoms with Crippen molar-refractivity contribution >= 4 is 40.7 Å². The van der Waals surface area contributed by atoms with Crippen molar-refractivity contribution in [2.75, 3.05) is 5.75 Å². The van der Waals surface area contributed by atoms with Gasteiger partial charge in [0.15, 0.2) is 5.17 Å². The molecule has 1 aliphatic heterocycles. The number of carbonyl (C=O) groups is 1. The standard InChI is InChI=1S/C11H6ClF4N3OS/c12-9-6(11(14,15)16)1-5(2-7(9)13)3-17-19-10-18-8(20)4-21-10/h1-3H,4H2,(H,18,19,20). The molecule has 2 rings (SSSR count). The van der Waals surface area contributed by atoms with Crippen LogP contribution in [0.3, 0.4) is 0 Å². The zero-order chi connectivity index (χ0) is 15.6. The molecule has 0 atom stereocenters. The van der Waals surface area contributed by atoms with E-state index in [-0.39, 0.29) is 22.4 Å². The third-order valence-electron chi connectivity index (χ3n) is 2.30. The molecule has 1 heterocycles. The van der Waals surface area contributed by atoms with Gasteiger partial charge in [-0.1, -0.05) is 23.4 Å². The smallest absolute Gasteiger partial charge is 0.303 e. The average Bonchev–Trinajstić information content (AvgIpc) is 2.78. The maximum Gasteiger partial charge on any atom is 0.417 e. The molecule has 0 saturated carbocycles. The molecule has 0 spiro atoms. The first kappa shape index (κ1) is 15.8. The number of amides is 1. The van der Waals surface area contributed by atoms with Crippen molar-refractivity contribution < 1.29 is 22.4 Å². The van der Waals surface area contributed by atoms with Gasteiger partial charge in [-0.05, 0) is 17.7 Å². The average molecular weight is 340 g/mol. The van der Waals surface area contributed by atoms with Crippen LogP contribution in [-0.2, 0) is 11.0 Å². The van der Waals surface area contributed by atoms with Gasteiger partial charge in [-0.2, -0.15) is 18.3 Å². The summed E-state index contributed by atoms with van der Waals surface area (Å²) in [6.07, 6.45) is -3.84. The monoisotopic (exact) mass is 339 g/mol. The fourth-order valence-electron chi connectivity index (χ4n) is 1.42. The third kappa shape index (κ3) is 3.94. The SMILES string of the molecule is O=C1CSC(=NN=Cc2cc(F)c(Cl)c(C(F)(F)F)c2)N1. The van der Waals surface area contributed by atoms with Crippen LogP contribution in [0.2, 0.25) is 5.02 Å². The lowest BCUT2D eigenvalue weighted by Gasteiger charge is -2.10. The summed E-state index contributed by atoms with van der Waals surface area (Å²) in [5, 5.41) is 8.70. The summed E-state index contributed by atoms with van der Waals surface area (Å²) in [6.45, 7) is 0. The highest BCUT2D eigenvalue weighted by molar-refractivity contribution is 8.15. The lowest BCUT2D eigenvalue weighted by molar-refractivity contribution is -0.137. The third-order valence-corrected chi connectivity index (χ3v) is 3.55. The molecule has 0 radical (unpaired) electrons. The number of nitrogens with zero attached hydrogens (tertiary/aromatic N) is 2. The summed E-state index contributed by atoms with van der Waals surface area (Å²) in [5.74, 6) is -1.25. The van der Waals surface area contributed by atoms with Crippen LogP contribution in [0.15, 0.2) is 22.3 Å². The van der Waals surface area contributed by atoms with E-state index in [4.69, 9.17) is 11.6 Å². The highest BCUT2D eigenvalue weighted by atomic mass is 35.5. The largest absolute Gasteiger partial charge is 0.417 e. The molecule has 1 aromatic rings. The fourth-order valence-corrected chi connectivity index (χ4v) is 2.27. The molecular weight excluding hydrogens is 334 g/mol. The molecule has 1 fully saturated rings. The van der Waals surface area contributed by atoms with Crippen molar-refractivity contribution in [3.63, 3.8) is 0 Å². The van der Waals surface area contributed by atoms with E-state index in [0.29, 0.717) is 6.07 Å². The first-order valence-corrected chi connectivity index (χ1v) is 6.73. The van der Waals surface area contributed by atoms with Crippen molar-refractivity contribution in [3.05, 3.63) is 34.1 Å².